The van der Waals surface area contributed by atoms with E-state index in [1.165, 1.54) is 29.8 Å². The Balaban J connectivity index is 0.843. The number of carbonyl (C=O) groups excluding carboxylic acids is 1. The fourth-order valence-electron chi connectivity index (χ4n) is 10.1. The number of rotatable bonds is 29. The quantitative estimate of drug-likeness (QED) is 0.0444. The van der Waals surface area contributed by atoms with E-state index in [0.717, 1.165) is 37.5 Å². The molecule has 24 heteroatoms. The van der Waals surface area contributed by atoms with Crippen LogP contribution in [0.2, 0.25) is 5.02 Å². The minimum Gasteiger partial charge on any atom is -0.490 e. The number of methoxy groups -OCH3 is 1. The van der Waals surface area contributed by atoms with Crippen molar-refractivity contribution < 1.29 is 71.2 Å². The molecule has 0 aliphatic carbocycles. The molecule has 7 heterocycles. The molecule has 3 aromatic heterocycles. The van der Waals surface area contributed by atoms with Gasteiger partial charge in [0.2, 0.25) is 17.9 Å². The van der Waals surface area contributed by atoms with Crippen LogP contribution in [-0.2, 0) is 55.8 Å². The number of likely N-dealkylation sites (tertiary alicyclic amines) is 1. The summed E-state index contributed by atoms with van der Waals surface area (Å²) in [5, 5.41) is 11.8. The monoisotopic (exact) mass is 1220 g/mol. The molecule has 3 aromatic carbocycles. The second-order valence-electron chi connectivity index (χ2n) is 20.7. The molecule has 4 aliphatic rings. The summed E-state index contributed by atoms with van der Waals surface area (Å²) in [4.78, 5) is 53.4. The Labute approximate surface area is 503 Å². The SMILES string of the molecule is COCCOCCOCCOCCOCCOCCOCCC(=O)N1CCCC1c1nccc(COc2ccc3cc2C[C@H](C(=O)O)Oc2ncnc4sc(-c5ccc(F)cc5)c(c24)-c2ccc(c(Cl)c2C)O[C@H](CN2CCN(C)CC2)CO3)n1. The van der Waals surface area contributed by atoms with Gasteiger partial charge in [0.1, 0.15) is 53.5 Å². The number of ether oxygens (including phenoxy) is 11. The van der Waals surface area contributed by atoms with Crippen molar-refractivity contribution in [2.45, 2.75) is 57.5 Å². The van der Waals surface area contributed by atoms with Crippen LogP contribution in [0, 0.1) is 12.7 Å². The lowest BCUT2D eigenvalue weighted by atomic mass is 9.96. The van der Waals surface area contributed by atoms with Crippen molar-refractivity contribution in [3.05, 3.63) is 107 Å². The Bertz CT molecular complexity index is 3100. The number of carbonyl (C=O) groups is 2. The topological polar surface area (TPSA) is 217 Å². The van der Waals surface area contributed by atoms with Crippen LogP contribution in [0.25, 0.3) is 31.8 Å². The minimum absolute atomic E-state index is 0.00287. The van der Waals surface area contributed by atoms with Gasteiger partial charge in [0.25, 0.3) is 0 Å². The molecular weight excluding hydrogens is 1140 g/mol. The smallest absolute Gasteiger partial charge is 0.345 e. The second kappa shape index (κ2) is 32.5. The molecule has 0 radical (unpaired) electrons. The summed E-state index contributed by atoms with van der Waals surface area (Å²) in [6, 6.07) is 16.6. The molecule has 0 spiro atoms. The first-order chi connectivity index (χ1) is 41.5. The number of hydrogen-bond acceptors (Lipinski definition) is 20. The molecule has 1 unspecified atom stereocenters. The van der Waals surface area contributed by atoms with E-state index >= 15 is 0 Å². The van der Waals surface area contributed by atoms with Crippen LogP contribution in [-0.4, -0.2) is 210 Å². The highest BCUT2D eigenvalue weighted by atomic mass is 35.5. The molecule has 4 aliphatic heterocycles. The highest BCUT2D eigenvalue weighted by Gasteiger charge is 2.33. The van der Waals surface area contributed by atoms with E-state index in [9.17, 15) is 19.1 Å². The van der Waals surface area contributed by atoms with E-state index in [4.69, 9.17) is 68.7 Å². The van der Waals surface area contributed by atoms with Crippen molar-refractivity contribution in [1.82, 2.24) is 34.6 Å². The zero-order valence-electron chi connectivity index (χ0n) is 48.4. The molecular formula is C61H75ClFN7O14S. The van der Waals surface area contributed by atoms with Gasteiger partial charge in [-0.1, -0.05) is 29.8 Å². The Kier molecular flexibility index (Phi) is 24.2. The van der Waals surface area contributed by atoms with Gasteiger partial charge in [-0.05, 0) is 86.0 Å². The van der Waals surface area contributed by atoms with Crippen molar-refractivity contribution in [3.8, 4) is 44.7 Å². The van der Waals surface area contributed by atoms with E-state index in [2.05, 4.69) is 31.8 Å². The van der Waals surface area contributed by atoms with E-state index in [1.54, 1.807) is 49.7 Å². The van der Waals surface area contributed by atoms with E-state index in [1.807, 2.05) is 24.0 Å². The summed E-state index contributed by atoms with van der Waals surface area (Å²) in [6.07, 6.45) is 2.55. The van der Waals surface area contributed by atoms with Gasteiger partial charge in [-0.3, -0.25) is 9.69 Å². The first kappa shape index (κ1) is 63.3. The second-order valence-corrected chi connectivity index (χ2v) is 22.0. The standard InChI is InChI=1S/C61H75ClFN7O14S/c1-41-48-11-13-51(56(41)62)83-47(37-69-20-18-68(2)19-21-69)39-81-46-10-12-50(43(35-46)36-52(61(72)73)84-59-55-54(48)57(85-60(55)66-40-65-59)42-6-8-44(63)9-7-42)82-38-45-14-16-64-58(67-45)49-5-4-17-70(49)53(71)15-22-75-25-26-77-29-30-79-33-34-80-32-31-78-28-27-76-24-23-74-3/h6-14,16,35,40,47,49,52H,4-5,15,17-34,36-39H2,1-3H3,(H,72,73)/t47-,49?,52-/m1/s1. The first-order valence-electron chi connectivity index (χ1n) is 28.8. The number of piperazine rings is 1. The molecule has 3 atom stereocenters. The number of aliphatic carboxylic acids is 1. The van der Waals surface area contributed by atoms with Crippen LogP contribution in [0.15, 0.2) is 73.2 Å². The zero-order chi connectivity index (χ0) is 59.3. The highest BCUT2D eigenvalue weighted by molar-refractivity contribution is 7.22. The van der Waals surface area contributed by atoms with Crippen LogP contribution in [0.3, 0.4) is 0 Å². The Morgan fingerprint density at radius 2 is 1.48 bits per heavy atom. The summed E-state index contributed by atoms with van der Waals surface area (Å²) < 4.78 is 78.9. The van der Waals surface area contributed by atoms with Gasteiger partial charge in [0.05, 0.1) is 114 Å². The van der Waals surface area contributed by atoms with Gasteiger partial charge >= 0.3 is 5.97 Å². The molecule has 10 rings (SSSR count). The average molecular weight is 1220 g/mol. The molecule has 21 nitrogen and oxygen atoms in total. The predicted molar refractivity (Wildman–Crippen MR) is 315 cm³/mol. The Hall–Kier alpha value is -6.22. The number of halogens is 2. The van der Waals surface area contributed by atoms with E-state index in [-0.39, 0.29) is 50.5 Å². The van der Waals surface area contributed by atoms with Crippen molar-refractivity contribution in [1.29, 1.82) is 0 Å². The third kappa shape index (κ3) is 17.9. The normalized spacial score (nSPS) is 17.6. The predicted octanol–water partition coefficient (Wildman–Crippen LogP) is 7.76. The van der Waals surface area contributed by atoms with Gasteiger partial charge in [-0.25, -0.2) is 29.1 Å². The molecule has 4 bridgehead atoms. The Morgan fingerprint density at radius 1 is 0.800 bits per heavy atom. The number of nitrogens with zero attached hydrogens (tertiary/aromatic N) is 7. The zero-order valence-corrected chi connectivity index (χ0v) is 50.0. The molecule has 6 aromatic rings. The number of benzene rings is 3. The lowest BCUT2D eigenvalue weighted by Gasteiger charge is -2.34. The third-order valence-electron chi connectivity index (χ3n) is 14.7. The first-order valence-corrected chi connectivity index (χ1v) is 30.0. The molecule has 1 amide bonds. The number of fused-ring (bicyclic) bond motifs is 7. The van der Waals surface area contributed by atoms with Gasteiger partial charge in [-0.15, -0.1) is 11.3 Å². The molecule has 458 valence electrons. The number of aromatic nitrogens is 4. The fourth-order valence-corrected chi connectivity index (χ4v) is 11.5. The van der Waals surface area contributed by atoms with Crippen molar-refractivity contribution in [3.63, 3.8) is 0 Å². The number of carboxylic acid groups (broad SMARTS) is 1. The van der Waals surface area contributed by atoms with E-state index in [0.29, 0.717) is 171 Å². The maximum Gasteiger partial charge on any atom is 0.345 e. The molecule has 1 N–H and O–H groups in total. The molecule has 85 heavy (non-hydrogen) atoms. The summed E-state index contributed by atoms with van der Waals surface area (Å²) in [5.74, 6) is 0.142. The lowest BCUT2D eigenvalue weighted by molar-refractivity contribution is -0.145. The van der Waals surface area contributed by atoms with Crippen molar-refractivity contribution >= 4 is 45.0 Å². The lowest BCUT2D eigenvalue weighted by Crippen LogP contribution is -2.49. The van der Waals surface area contributed by atoms with Gasteiger partial charge < -0.3 is 67.0 Å². The largest absolute Gasteiger partial charge is 0.490 e. The maximum absolute atomic E-state index is 14.4. The number of thiophene rings is 1. The third-order valence-corrected chi connectivity index (χ3v) is 16.3. The number of likely N-dealkylation sites (N-methyl/N-ethyl adjacent to an activating group) is 1. The minimum atomic E-state index is -1.48. The molecule has 2 saturated heterocycles. The summed E-state index contributed by atoms with van der Waals surface area (Å²) in [6.45, 7) is 12.4. The van der Waals surface area contributed by atoms with Gasteiger partial charge in [0.15, 0.2) is 5.82 Å². The summed E-state index contributed by atoms with van der Waals surface area (Å²) in [5.41, 5.74) is 3.81. The van der Waals surface area contributed by atoms with Crippen LogP contribution >= 0.6 is 22.9 Å². The summed E-state index contributed by atoms with van der Waals surface area (Å²) in [7, 11) is 3.74. The number of hydrogen-bond donors (Lipinski definition) is 1. The average Bonchev–Trinajstić information content (AvgIpc) is 1.90. The number of amides is 1. The van der Waals surface area contributed by atoms with Crippen molar-refractivity contribution in [2.75, 3.05) is 146 Å². The van der Waals surface area contributed by atoms with Crippen LogP contribution < -0.4 is 18.9 Å². The van der Waals surface area contributed by atoms with E-state index < -0.39 is 24.0 Å². The van der Waals surface area contributed by atoms with Crippen LogP contribution in [0.5, 0.6) is 23.1 Å². The van der Waals surface area contributed by atoms with Gasteiger partial charge in [-0.2, -0.15) is 0 Å². The van der Waals surface area contributed by atoms with Crippen LogP contribution in [0.4, 0.5) is 4.39 Å². The maximum atomic E-state index is 14.4. The van der Waals surface area contributed by atoms with Gasteiger partial charge in [0, 0.05) is 75.0 Å². The molecule has 0 saturated carbocycles. The van der Waals surface area contributed by atoms with Crippen molar-refractivity contribution in [2.24, 2.45) is 0 Å². The molecule has 2 fully saturated rings. The Morgan fingerprint density at radius 3 is 2.16 bits per heavy atom. The summed E-state index contributed by atoms with van der Waals surface area (Å²) >= 11 is 8.62. The fraction of sp³-hybridized carbons (Fsp3) is 0.508. The highest BCUT2D eigenvalue weighted by Crippen LogP contribution is 2.50. The van der Waals surface area contributed by atoms with Crippen LogP contribution in [0.1, 0.15) is 47.9 Å². The number of carboxylic acids is 1.